The van der Waals surface area contributed by atoms with Crippen LogP contribution < -0.4 is 0 Å². The van der Waals surface area contributed by atoms with Gasteiger partial charge in [0.15, 0.2) is 11.6 Å². The van der Waals surface area contributed by atoms with Crippen LogP contribution in [0, 0.1) is 0 Å². The molecule has 0 unspecified atom stereocenters. The Hall–Kier alpha value is -2.21. The van der Waals surface area contributed by atoms with Gasteiger partial charge in [-0.05, 0) is 32.0 Å². The summed E-state index contributed by atoms with van der Waals surface area (Å²) in [6, 6.07) is 10.3. The molecule has 1 fully saturated rings. The van der Waals surface area contributed by atoms with E-state index in [4.69, 9.17) is 0 Å². The third-order valence-corrected chi connectivity index (χ3v) is 5.15. The Morgan fingerprint density at radius 1 is 1.17 bits per heavy atom. The molecule has 2 aromatic rings. The van der Waals surface area contributed by atoms with Crippen molar-refractivity contribution < 1.29 is 4.79 Å². The highest BCUT2D eigenvalue weighted by Gasteiger charge is 2.31. The highest BCUT2D eigenvalue weighted by atomic mass is 16.2. The minimum Gasteiger partial charge on any atom is -0.333 e. The second-order valence-electron chi connectivity index (χ2n) is 6.74. The van der Waals surface area contributed by atoms with Gasteiger partial charge in [-0.25, -0.2) is 0 Å². The van der Waals surface area contributed by atoms with Gasteiger partial charge in [0.2, 0.25) is 5.91 Å². The summed E-state index contributed by atoms with van der Waals surface area (Å²) in [5.41, 5.74) is 1.06. The maximum atomic E-state index is 12.6. The van der Waals surface area contributed by atoms with E-state index in [1.165, 1.54) is 6.42 Å². The lowest BCUT2D eigenvalue weighted by Crippen LogP contribution is -2.40. The molecule has 0 radical (unpaired) electrons. The number of aromatic nitrogens is 3. The fraction of sp³-hybridized carbons (Fsp3) is 0.500. The second kappa shape index (κ2) is 6.36. The molecule has 3 heterocycles. The molecule has 0 aliphatic carbocycles. The number of amides is 1. The highest BCUT2D eigenvalue weighted by Crippen LogP contribution is 2.30. The molecule has 1 amide bonds. The molecule has 6 nitrogen and oxygen atoms in total. The first-order chi connectivity index (χ1) is 11.7. The van der Waals surface area contributed by atoms with Crippen molar-refractivity contribution in [1.29, 1.82) is 0 Å². The van der Waals surface area contributed by atoms with E-state index in [0.29, 0.717) is 19.0 Å². The summed E-state index contributed by atoms with van der Waals surface area (Å²) in [6.45, 7) is 3.21. The van der Waals surface area contributed by atoms with Crippen molar-refractivity contribution in [3.05, 3.63) is 47.5 Å². The van der Waals surface area contributed by atoms with Crippen LogP contribution in [0.1, 0.15) is 36.1 Å². The molecule has 0 N–H and O–H groups in total. The molecule has 1 atom stereocenters. The summed E-state index contributed by atoms with van der Waals surface area (Å²) in [5.74, 6) is 2.15. The Morgan fingerprint density at radius 2 is 2.00 bits per heavy atom. The number of hydrogen-bond acceptors (Lipinski definition) is 4. The van der Waals surface area contributed by atoms with Gasteiger partial charge >= 0.3 is 0 Å². The monoisotopic (exact) mass is 325 g/mol. The molecule has 0 saturated carbocycles. The van der Waals surface area contributed by atoms with Crippen LogP contribution in [0.25, 0.3) is 0 Å². The number of carbonyl (C=O) groups excluding carboxylic acids is 1. The molecular formula is C18H23N5O. The van der Waals surface area contributed by atoms with Crippen molar-refractivity contribution in [2.75, 3.05) is 20.1 Å². The molecule has 0 spiro atoms. The number of hydrogen-bond donors (Lipinski definition) is 0. The molecule has 126 valence electrons. The van der Waals surface area contributed by atoms with E-state index in [9.17, 15) is 4.79 Å². The van der Waals surface area contributed by atoms with E-state index in [1.54, 1.807) is 0 Å². The topological polar surface area (TPSA) is 54.3 Å². The smallest absolute Gasteiger partial charge is 0.227 e. The number of nitrogens with zero attached hydrogens (tertiary/aromatic N) is 5. The van der Waals surface area contributed by atoms with Crippen molar-refractivity contribution in [2.24, 2.45) is 0 Å². The summed E-state index contributed by atoms with van der Waals surface area (Å²) in [7, 11) is 2.15. The van der Waals surface area contributed by atoms with E-state index >= 15 is 0 Å². The number of likely N-dealkylation sites (tertiary alicyclic amines) is 1. The van der Waals surface area contributed by atoms with Gasteiger partial charge in [-0.1, -0.05) is 30.3 Å². The number of benzene rings is 1. The zero-order chi connectivity index (χ0) is 16.5. The summed E-state index contributed by atoms with van der Waals surface area (Å²) >= 11 is 0. The molecule has 0 bridgehead atoms. The normalized spacial score (nSPS) is 21.0. The zero-order valence-corrected chi connectivity index (χ0v) is 14.1. The summed E-state index contributed by atoms with van der Waals surface area (Å²) in [5, 5.41) is 8.81. The maximum Gasteiger partial charge on any atom is 0.227 e. The Labute approximate surface area is 142 Å². The largest absolute Gasteiger partial charge is 0.333 e. The Bertz CT molecular complexity index is 726. The van der Waals surface area contributed by atoms with Crippen LogP contribution in [-0.4, -0.2) is 50.6 Å². The Kier molecular flexibility index (Phi) is 4.06. The van der Waals surface area contributed by atoms with Crippen LogP contribution in [0.4, 0.5) is 0 Å². The van der Waals surface area contributed by atoms with Crippen molar-refractivity contribution in [3.63, 3.8) is 0 Å². The average Bonchev–Trinajstić information content (AvgIpc) is 3.20. The molecule has 24 heavy (non-hydrogen) atoms. The van der Waals surface area contributed by atoms with Gasteiger partial charge in [-0.15, -0.1) is 10.2 Å². The molecule has 1 saturated heterocycles. The standard InChI is InChI=1S/C18H23N5O/c1-21-9-5-8-15(21)18-20-19-16-13-22(10-11-23(16)18)17(24)12-14-6-3-2-4-7-14/h2-4,6-7,15H,5,8-13H2,1H3/t15-/m1/s1. The van der Waals surface area contributed by atoms with E-state index in [1.807, 2.05) is 35.2 Å². The van der Waals surface area contributed by atoms with Crippen molar-refractivity contribution >= 4 is 5.91 Å². The van der Waals surface area contributed by atoms with Gasteiger partial charge in [0.05, 0.1) is 19.0 Å². The average molecular weight is 325 g/mol. The van der Waals surface area contributed by atoms with Gasteiger partial charge in [-0.2, -0.15) is 0 Å². The number of fused-ring (bicyclic) bond motifs is 1. The van der Waals surface area contributed by atoms with Crippen molar-refractivity contribution in [2.45, 2.75) is 38.4 Å². The van der Waals surface area contributed by atoms with Crippen molar-refractivity contribution in [1.82, 2.24) is 24.6 Å². The molecule has 6 heteroatoms. The molecule has 1 aromatic heterocycles. The highest BCUT2D eigenvalue weighted by molar-refractivity contribution is 5.78. The van der Waals surface area contributed by atoms with Gasteiger partial charge in [0.1, 0.15) is 0 Å². The number of rotatable bonds is 3. The third kappa shape index (κ3) is 2.82. The van der Waals surface area contributed by atoms with Gasteiger partial charge in [-0.3, -0.25) is 9.69 Å². The first-order valence-electron chi connectivity index (χ1n) is 8.66. The van der Waals surface area contributed by atoms with E-state index in [0.717, 1.165) is 43.3 Å². The van der Waals surface area contributed by atoms with E-state index < -0.39 is 0 Å². The molecule has 1 aromatic carbocycles. The van der Waals surface area contributed by atoms with Crippen LogP contribution in [0.3, 0.4) is 0 Å². The minimum absolute atomic E-state index is 0.162. The Balaban J connectivity index is 1.47. The predicted octanol–water partition coefficient (Wildman–Crippen LogP) is 1.63. The lowest BCUT2D eigenvalue weighted by Gasteiger charge is -2.29. The molecular weight excluding hydrogens is 302 g/mol. The molecule has 4 rings (SSSR count). The fourth-order valence-electron chi connectivity index (χ4n) is 3.76. The van der Waals surface area contributed by atoms with Crippen LogP contribution in [0.2, 0.25) is 0 Å². The first kappa shape index (κ1) is 15.3. The SMILES string of the molecule is CN1CCC[C@@H]1c1nnc2n1CCN(C(=O)Cc1ccccc1)C2. The van der Waals surface area contributed by atoms with Crippen LogP contribution >= 0.6 is 0 Å². The van der Waals surface area contributed by atoms with E-state index in [2.05, 4.69) is 26.7 Å². The minimum atomic E-state index is 0.162. The van der Waals surface area contributed by atoms with Crippen LogP contribution in [0.5, 0.6) is 0 Å². The quantitative estimate of drug-likeness (QED) is 0.861. The van der Waals surface area contributed by atoms with Gasteiger partial charge in [0, 0.05) is 13.1 Å². The van der Waals surface area contributed by atoms with Crippen LogP contribution in [0.15, 0.2) is 30.3 Å². The van der Waals surface area contributed by atoms with Gasteiger partial charge < -0.3 is 9.47 Å². The second-order valence-corrected chi connectivity index (χ2v) is 6.74. The lowest BCUT2D eigenvalue weighted by atomic mass is 10.1. The molecule has 2 aliphatic rings. The maximum absolute atomic E-state index is 12.6. The third-order valence-electron chi connectivity index (χ3n) is 5.15. The Morgan fingerprint density at radius 3 is 2.75 bits per heavy atom. The van der Waals surface area contributed by atoms with E-state index in [-0.39, 0.29) is 5.91 Å². The summed E-state index contributed by atoms with van der Waals surface area (Å²) in [6.07, 6.45) is 2.81. The zero-order valence-electron chi connectivity index (χ0n) is 14.1. The fourth-order valence-corrected chi connectivity index (χ4v) is 3.76. The van der Waals surface area contributed by atoms with Crippen molar-refractivity contribution in [3.8, 4) is 0 Å². The molecule has 2 aliphatic heterocycles. The first-order valence-corrected chi connectivity index (χ1v) is 8.66. The predicted molar refractivity (Wildman–Crippen MR) is 90.2 cm³/mol. The lowest BCUT2D eigenvalue weighted by molar-refractivity contribution is -0.132. The van der Waals surface area contributed by atoms with Gasteiger partial charge in [0.25, 0.3) is 0 Å². The number of carbonyl (C=O) groups is 1. The van der Waals surface area contributed by atoms with Crippen LogP contribution in [-0.2, 0) is 24.3 Å². The summed E-state index contributed by atoms with van der Waals surface area (Å²) < 4.78 is 2.22. The summed E-state index contributed by atoms with van der Waals surface area (Å²) in [4.78, 5) is 16.8.